The number of rotatable bonds is 2. The summed E-state index contributed by atoms with van der Waals surface area (Å²) < 4.78 is 4.65. The minimum Gasteiger partial charge on any atom is -0.453 e. The SMILES string of the molecule is COC(=O)N1CCC(NC(=O)C2CCC(=O)N2)CC1. The van der Waals surface area contributed by atoms with Gasteiger partial charge in [0.1, 0.15) is 6.04 Å². The summed E-state index contributed by atoms with van der Waals surface area (Å²) in [6, 6.07) is -0.336. The van der Waals surface area contributed by atoms with E-state index in [1.807, 2.05) is 0 Å². The smallest absolute Gasteiger partial charge is 0.409 e. The van der Waals surface area contributed by atoms with Crippen LogP contribution in [0.15, 0.2) is 0 Å². The summed E-state index contributed by atoms with van der Waals surface area (Å²) in [5, 5.41) is 5.57. The molecule has 19 heavy (non-hydrogen) atoms. The van der Waals surface area contributed by atoms with Gasteiger partial charge < -0.3 is 20.3 Å². The van der Waals surface area contributed by atoms with E-state index in [1.54, 1.807) is 4.90 Å². The Morgan fingerprint density at radius 3 is 2.53 bits per heavy atom. The van der Waals surface area contributed by atoms with Crippen molar-refractivity contribution in [2.24, 2.45) is 0 Å². The van der Waals surface area contributed by atoms with Crippen molar-refractivity contribution in [2.45, 2.75) is 37.8 Å². The van der Waals surface area contributed by atoms with Crippen LogP contribution in [0.25, 0.3) is 0 Å². The van der Waals surface area contributed by atoms with Crippen molar-refractivity contribution in [3.05, 3.63) is 0 Å². The highest BCUT2D eigenvalue weighted by atomic mass is 16.5. The van der Waals surface area contributed by atoms with E-state index in [4.69, 9.17) is 0 Å². The molecule has 1 atom stereocenters. The van der Waals surface area contributed by atoms with Crippen LogP contribution in [0.4, 0.5) is 4.79 Å². The average molecular weight is 269 g/mol. The van der Waals surface area contributed by atoms with Gasteiger partial charge in [0.15, 0.2) is 0 Å². The lowest BCUT2D eigenvalue weighted by molar-refractivity contribution is -0.126. The molecule has 7 nitrogen and oxygen atoms in total. The lowest BCUT2D eigenvalue weighted by Gasteiger charge is -2.31. The number of likely N-dealkylation sites (tertiary alicyclic amines) is 1. The maximum atomic E-state index is 11.9. The number of methoxy groups -OCH3 is 1. The van der Waals surface area contributed by atoms with Gasteiger partial charge in [-0.3, -0.25) is 9.59 Å². The van der Waals surface area contributed by atoms with E-state index in [0.29, 0.717) is 38.8 Å². The molecule has 2 heterocycles. The third-order valence-corrected chi connectivity index (χ3v) is 3.59. The quantitative estimate of drug-likeness (QED) is 0.715. The highest BCUT2D eigenvalue weighted by molar-refractivity contribution is 5.90. The predicted octanol–water partition coefficient (Wildman–Crippen LogP) is -0.388. The predicted molar refractivity (Wildman–Crippen MR) is 66.3 cm³/mol. The molecule has 0 bridgehead atoms. The summed E-state index contributed by atoms with van der Waals surface area (Å²) in [6.45, 7) is 1.16. The molecule has 1 unspecified atom stereocenters. The molecule has 7 heteroatoms. The van der Waals surface area contributed by atoms with Crippen LogP contribution >= 0.6 is 0 Å². The van der Waals surface area contributed by atoms with Crippen LogP contribution in [0, 0.1) is 0 Å². The van der Waals surface area contributed by atoms with E-state index in [1.165, 1.54) is 7.11 Å². The van der Waals surface area contributed by atoms with Crippen LogP contribution in [-0.4, -0.2) is 55.1 Å². The molecular weight excluding hydrogens is 250 g/mol. The number of piperidine rings is 1. The van der Waals surface area contributed by atoms with Gasteiger partial charge in [0.25, 0.3) is 0 Å². The Bertz CT molecular complexity index is 377. The molecular formula is C12H19N3O4. The Hall–Kier alpha value is -1.79. The molecule has 2 rings (SSSR count). The Morgan fingerprint density at radius 1 is 1.32 bits per heavy atom. The molecule has 0 radical (unpaired) electrons. The molecule has 0 saturated carbocycles. The average Bonchev–Trinajstić information content (AvgIpc) is 2.85. The van der Waals surface area contributed by atoms with E-state index in [0.717, 1.165) is 0 Å². The molecule has 3 amide bonds. The van der Waals surface area contributed by atoms with E-state index < -0.39 is 6.04 Å². The van der Waals surface area contributed by atoms with Gasteiger partial charge in [0.2, 0.25) is 11.8 Å². The summed E-state index contributed by atoms with van der Waals surface area (Å²) >= 11 is 0. The standard InChI is InChI=1S/C12H19N3O4/c1-19-12(18)15-6-4-8(5-7-15)13-11(17)9-2-3-10(16)14-9/h8-9H,2-7H2,1H3,(H,13,17)(H,14,16). The van der Waals surface area contributed by atoms with Gasteiger partial charge >= 0.3 is 6.09 Å². The first-order valence-corrected chi connectivity index (χ1v) is 6.53. The Labute approximate surface area is 111 Å². The monoisotopic (exact) mass is 269 g/mol. The second-order valence-corrected chi connectivity index (χ2v) is 4.90. The van der Waals surface area contributed by atoms with E-state index in [2.05, 4.69) is 15.4 Å². The van der Waals surface area contributed by atoms with Crippen LogP contribution in [0.5, 0.6) is 0 Å². The molecule has 0 aromatic carbocycles. The summed E-state index contributed by atoms with van der Waals surface area (Å²) in [6.07, 6.45) is 2.07. The summed E-state index contributed by atoms with van der Waals surface area (Å²) in [7, 11) is 1.36. The Balaban J connectivity index is 1.75. The lowest BCUT2D eigenvalue weighted by Crippen LogP contribution is -2.50. The Morgan fingerprint density at radius 2 is 2.00 bits per heavy atom. The second kappa shape index (κ2) is 5.90. The highest BCUT2D eigenvalue weighted by Crippen LogP contribution is 2.13. The maximum Gasteiger partial charge on any atom is 0.409 e. The summed E-state index contributed by atoms with van der Waals surface area (Å²) in [5.41, 5.74) is 0. The number of amides is 3. The van der Waals surface area contributed by atoms with Gasteiger partial charge in [0, 0.05) is 25.6 Å². The molecule has 2 N–H and O–H groups in total. The number of ether oxygens (including phenoxy) is 1. The number of hydrogen-bond donors (Lipinski definition) is 2. The third kappa shape index (κ3) is 3.36. The zero-order chi connectivity index (χ0) is 13.8. The maximum absolute atomic E-state index is 11.9. The molecule has 106 valence electrons. The van der Waals surface area contributed by atoms with Crippen LogP contribution < -0.4 is 10.6 Å². The molecule has 2 aliphatic heterocycles. The fraction of sp³-hybridized carbons (Fsp3) is 0.750. The van der Waals surface area contributed by atoms with Crippen molar-refractivity contribution in [1.82, 2.24) is 15.5 Å². The molecule has 0 aromatic rings. The van der Waals surface area contributed by atoms with Crippen molar-refractivity contribution < 1.29 is 19.1 Å². The van der Waals surface area contributed by atoms with Crippen LogP contribution in [0.3, 0.4) is 0 Å². The zero-order valence-electron chi connectivity index (χ0n) is 11.0. The van der Waals surface area contributed by atoms with Gasteiger partial charge in [-0.25, -0.2) is 4.79 Å². The molecule has 2 fully saturated rings. The topological polar surface area (TPSA) is 87.7 Å². The summed E-state index contributed by atoms with van der Waals surface area (Å²) in [4.78, 5) is 35.9. The van der Waals surface area contributed by atoms with E-state index in [-0.39, 0.29) is 23.9 Å². The normalized spacial score (nSPS) is 23.9. The molecule has 2 saturated heterocycles. The van der Waals surface area contributed by atoms with Crippen molar-refractivity contribution in [3.8, 4) is 0 Å². The molecule has 0 spiro atoms. The van der Waals surface area contributed by atoms with E-state index in [9.17, 15) is 14.4 Å². The van der Waals surface area contributed by atoms with Crippen LogP contribution in [0.2, 0.25) is 0 Å². The summed E-state index contributed by atoms with van der Waals surface area (Å²) in [5.74, 6) is -0.192. The number of nitrogens with zero attached hydrogens (tertiary/aromatic N) is 1. The number of carbonyl (C=O) groups is 3. The largest absolute Gasteiger partial charge is 0.453 e. The van der Waals surface area contributed by atoms with Gasteiger partial charge in [-0.05, 0) is 19.3 Å². The first-order chi connectivity index (χ1) is 9.10. The minimum absolute atomic E-state index is 0.0610. The van der Waals surface area contributed by atoms with Crippen molar-refractivity contribution in [1.29, 1.82) is 0 Å². The molecule has 0 aromatic heterocycles. The number of carbonyl (C=O) groups excluding carboxylic acids is 3. The molecule has 0 aliphatic carbocycles. The minimum atomic E-state index is -0.397. The zero-order valence-corrected chi connectivity index (χ0v) is 11.0. The lowest BCUT2D eigenvalue weighted by atomic mass is 10.0. The highest BCUT2D eigenvalue weighted by Gasteiger charge is 2.30. The van der Waals surface area contributed by atoms with Crippen molar-refractivity contribution in [2.75, 3.05) is 20.2 Å². The van der Waals surface area contributed by atoms with E-state index >= 15 is 0 Å². The number of hydrogen-bond acceptors (Lipinski definition) is 4. The second-order valence-electron chi connectivity index (χ2n) is 4.90. The van der Waals surface area contributed by atoms with Crippen molar-refractivity contribution in [3.63, 3.8) is 0 Å². The van der Waals surface area contributed by atoms with Crippen LogP contribution in [-0.2, 0) is 14.3 Å². The fourth-order valence-corrected chi connectivity index (χ4v) is 2.45. The Kier molecular flexibility index (Phi) is 4.24. The fourth-order valence-electron chi connectivity index (χ4n) is 2.45. The van der Waals surface area contributed by atoms with Gasteiger partial charge in [0.05, 0.1) is 7.11 Å². The first kappa shape index (κ1) is 13.6. The van der Waals surface area contributed by atoms with Crippen LogP contribution in [0.1, 0.15) is 25.7 Å². The van der Waals surface area contributed by atoms with Gasteiger partial charge in [-0.2, -0.15) is 0 Å². The first-order valence-electron chi connectivity index (χ1n) is 6.53. The van der Waals surface area contributed by atoms with Crippen molar-refractivity contribution >= 4 is 17.9 Å². The van der Waals surface area contributed by atoms with Gasteiger partial charge in [-0.1, -0.05) is 0 Å². The van der Waals surface area contributed by atoms with Gasteiger partial charge in [-0.15, -0.1) is 0 Å². The molecule has 2 aliphatic rings. The third-order valence-electron chi connectivity index (χ3n) is 3.59. The number of nitrogens with one attached hydrogen (secondary N) is 2.